The number of aliphatic carboxylic acids is 2. The smallest absolute Gasteiger partial charge is 0.313 e. The van der Waals surface area contributed by atoms with Crippen LogP contribution in [0.4, 0.5) is 0 Å². The van der Waals surface area contributed by atoms with Gasteiger partial charge in [0.15, 0.2) is 0 Å². The van der Waals surface area contributed by atoms with Crippen LogP contribution < -0.4 is 0 Å². The largest absolute Gasteiger partial charge is 0.481 e. The van der Waals surface area contributed by atoms with E-state index in [1.54, 1.807) is 0 Å². The van der Waals surface area contributed by atoms with Crippen molar-refractivity contribution in [3.8, 4) is 0 Å². The van der Waals surface area contributed by atoms with Gasteiger partial charge in [-0.25, -0.2) is 0 Å². The van der Waals surface area contributed by atoms with Gasteiger partial charge in [-0.05, 0) is 62.2 Å². The molecule has 2 aliphatic carbocycles. The van der Waals surface area contributed by atoms with Crippen LogP contribution in [0.15, 0.2) is 11.6 Å². The van der Waals surface area contributed by atoms with Crippen molar-refractivity contribution in [3.05, 3.63) is 11.6 Å². The van der Waals surface area contributed by atoms with Gasteiger partial charge in [-0.2, -0.15) is 0 Å². The molecule has 0 aromatic heterocycles. The maximum Gasteiger partial charge on any atom is 0.313 e. The molecule has 0 amide bonds. The molecule has 0 spiro atoms. The van der Waals surface area contributed by atoms with Crippen LogP contribution in [0.1, 0.15) is 72.6 Å². The first-order valence-electron chi connectivity index (χ1n) is 9.27. The molecule has 0 saturated heterocycles. The summed E-state index contributed by atoms with van der Waals surface area (Å²) in [6.45, 7) is 8.46. The van der Waals surface area contributed by atoms with Crippen molar-refractivity contribution in [2.75, 3.05) is 0 Å². The lowest BCUT2D eigenvalue weighted by molar-refractivity contribution is -0.148. The summed E-state index contributed by atoms with van der Waals surface area (Å²) in [6.07, 6.45) is 7.94. The van der Waals surface area contributed by atoms with Gasteiger partial charge in [0, 0.05) is 6.42 Å². The number of carbonyl (C=O) groups is 2. The minimum atomic E-state index is -0.735. The van der Waals surface area contributed by atoms with Gasteiger partial charge < -0.3 is 10.2 Å². The summed E-state index contributed by atoms with van der Waals surface area (Å²) in [5.41, 5.74) is 0.470. The zero-order chi connectivity index (χ0) is 18.1. The van der Waals surface area contributed by atoms with Gasteiger partial charge in [0.2, 0.25) is 0 Å². The third-order valence-electron chi connectivity index (χ3n) is 6.97. The lowest BCUT2D eigenvalue weighted by Gasteiger charge is -2.53. The number of allylic oxidation sites excluding steroid dienone is 1. The Morgan fingerprint density at radius 2 is 2.00 bits per heavy atom. The Morgan fingerprint density at radius 3 is 2.58 bits per heavy atom. The lowest BCUT2D eigenvalue weighted by Crippen LogP contribution is -2.47. The average molecular weight is 336 g/mol. The lowest BCUT2D eigenvalue weighted by atomic mass is 9.51. The van der Waals surface area contributed by atoms with Gasteiger partial charge in [-0.1, -0.05) is 38.8 Å². The quantitative estimate of drug-likeness (QED) is 0.687. The molecular weight excluding hydrogens is 304 g/mol. The first-order valence-corrected chi connectivity index (χ1v) is 9.27. The number of hydrogen-bond acceptors (Lipinski definition) is 2. The van der Waals surface area contributed by atoms with Crippen LogP contribution in [0.25, 0.3) is 0 Å². The highest BCUT2D eigenvalue weighted by Gasteiger charge is 2.52. The summed E-state index contributed by atoms with van der Waals surface area (Å²) >= 11 is 0. The van der Waals surface area contributed by atoms with Crippen LogP contribution in [0.3, 0.4) is 0 Å². The van der Waals surface area contributed by atoms with Crippen molar-refractivity contribution >= 4 is 11.9 Å². The molecule has 5 unspecified atom stereocenters. The fourth-order valence-corrected chi connectivity index (χ4v) is 4.92. The van der Waals surface area contributed by atoms with E-state index < -0.39 is 17.4 Å². The maximum atomic E-state index is 11.9. The minimum Gasteiger partial charge on any atom is -0.481 e. The molecule has 0 aromatic rings. The van der Waals surface area contributed by atoms with Crippen LogP contribution in [0.5, 0.6) is 0 Å². The molecule has 5 atom stereocenters. The Kier molecular flexibility index (Phi) is 5.46. The molecule has 0 bridgehead atoms. The van der Waals surface area contributed by atoms with Crippen molar-refractivity contribution in [3.63, 3.8) is 0 Å². The van der Waals surface area contributed by atoms with E-state index >= 15 is 0 Å². The molecule has 4 heteroatoms. The SMILES string of the molecule is CC(CCC1(C)C(C)CC=C2C1CCCC2(C)C(=O)O)CC(=O)O. The molecular formula is C20H32O4. The topological polar surface area (TPSA) is 74.6 Å². The molecule has 24 heavy (non-hydrogen) atoms. The van der Waals surface area contributed by atoms with Gasteiger partial charge in [-0.15, -0.1) is 0 Å². The third kappa shape index (κ3) is 3.38. The fraction of sp³-hybridized carbons (Fsp3) is 0.800. The number of carboxylic acids is 2. The van der Waals surface area contributed by atoms with Gasteiger partial charge in [-0.3, -0.25) is 9.59 Å². The van der Waals surface area contributed by atoms with E-state index in [2.05, 4.69) is 19.9 Å². The molecule has 2 aliphatic rings. The summed E-state index contributed by atoms with van der Waals surface area (Å²) in [6, 6.07) is 0. The number of hydrogen-bond donors (Lipinski definition) is 2. The highest BCUT2D eigenvalue weighted by Crippen LogP contribution is 2.58. The van der Waals surface area contributed by atoms with Crippen molar-refractivity contribution in [2.45, 2.75) is 72.6 Å². The zero-order valence-corrected chi connectivity index (χ0v) is 15.5. The summed E-state index contributed by atoms with van der Waals surface area (Å²) in [7, 11) is 0. The zero-order valence-electron chi connectivity index (χ0n) is 15.5. The molecule has 0 heterocycles. The summed E-state index contributed by atoms with van der Waals surface area (Å²) in [5, 5.41) is 18.8. The highest BCUT2D eigenvalue weighted by molar-refractivity contribution is 5.78. The van der Waals surface area contributed by atoms with E-state index in [-0.39, 0.29) is 17.8 Å². The predicted molar refractivity (Wildman–Crippen MR) is 93.7 cm³/mol. The number of rotatable bonds is 6. The van der Waals surface area contributed by atoms with Crippen LogP contribution in [-0.2, 0) is 9.59 Å². The number of fused-ring (bicyclic) bond motifs is 1. The van der Waals surface area contributed by atoms with Crippen molar-refractivity contribution in [1.82, 2.24) is 0 Å². The second-order valence-corrected chi connectivity index (χ2v) is 8.63. The van der Waals surface area contributed by atoms with Crippen molar-refractivity contribution in [2.24, 2.45) is 28.6 Å². The van der Waals surface area contributed by atoms with E-state index in [1.165, 1.54) is 0 Å². The van der Waals surface area contributed by atoms with E-state index in [4.69, 9.17) is 5.11 Å². The van der Waals surface area contributed by atoms with Crippen molar-refractivity contribution < 1.29 is 19.8 Å². The second-order valence-electron chi connectivity index (χ2n) is 8.63. The van der Waals surface area contributed by atoms with E-state index in [1.807, 2.05) is 13.8 Å². The molecule has 4 nitrogen and oxygen atoms in total. The van der Waals surface area contributed by atoms with Gasteiger partial charge in [0.1, 0.15) is 0 Å². The molecule has 2 N–H and O–H groups in total. The predicted octanol–water partition coefficient (Wildman–Crippen LogP) is 4.74. The molecule has 136 valence electrons. The maximum absolute atomic E-state index is 11.9. The minimum absolute atomic E-state index is 0.0635. The van der Waals surface area contributed by atoms with E-state index in [0.29, 0.717) is 11.8 Å². The first-order chi connectivity index (χ1) is 11.1. The molecule has 2 rings (SSSR count). The Labute approximate surface area is 145 Å². The first kappa shape index (κ1) is 19.0. The molecule has 1 saturated carbocycles. The van der Waals surface area contributed by atoms with Crippen LogP contribution in [0, 0.1) is 28.6 Å². The van der Waals surface area contributed by atoms with Crippen LogP contribution in [-0.4, -0.2) is 22.2 Å². The van der Waals surface area contributed by atoms with Crippen LogP contribution >= 0.6 is 0 Å². The number of carboxylic acid groups (broad SMARTS) is 2. The van der Waals surface area contributed by atoms with E-state index in [0.717, 1.165) is 44.1 Å². The average Bonchev–Trinajstić information content (AvgIpc) is 2.49. The Morgan fingerprint density at radius 1 is 1.33 bits per heavy atom. The molecule has 0 aliphatic heterocycles. The van der Waals surface area contributed by atoms with Gasteiger partial charge >= 0.3 is 11.9 Å². The molecule has 0 aromatic carbocycles. The van der Waals surface area contributed by atoms with Gasteiger partial charge in [0.05, 0.1) is 5.41 Å². The summed E-state index contributed by atoms with van der Waals surface area (Å²) < 4.78 is 0. The highest BCUT2D eigenvalue weighted by atomic mass is 16.4. The van der Waals surface area contributed by atoms with Crippen LogP contribution in [0.2, 0.25) is 0 Å². The van der Waals surface area contributed by atoms with Crippen molar-refractivity contribution in [1.29, 1.82) is 0 Å². The second kappa shape index (κ2) is 6.89. The normalized spacial score (nSPS) is 37.2. The van der Waals surface area contributed by atoms with Gasteiger partial charge in [0.25, 0.3) is 0 Å². The van der Waals surface area contributed by atoms with E-state index in [9.17, 15) is 14.7 Å². The third-order valence-corrected chi connectivity index (χ3v) is 6.97. The Balaban J connectivity index is 2.22. The summed E-state index contributed by atoms with van der Waals surface area (Å²) in [4.78, 5) is 22.8. The summed E-state index contributed by atoms with van der Waals surface area (Å²) in [5.74, 6) is -0.460. The Bertz CT molecular complexity index is 538. The molecule has 1 fully saturated rings. The molecule has 0 radical (unpaired) electrons. The standard InChI is InChI=1S/C20H32O4/c1-13(12-17(21)22)9-11-19(3)14(2)7-8-16-15(19)6-5-10-20(16,4)18(23)24/h8,13-15H,5-7,9-12H2,1-4H3,(H,21,22)(H,23,24). The Hall–Kier alpha value is -1.32. The monoisotopic (exact) mass is 336 g/mol. The fourth-order valence-electron chi connectivity index (χ4n) is 4.92.